The zero-order valence-electron chi connectivity index (χ0n) is 17.6. The Morgan fingerprint density at radius 2 is 1.86 bits per heavy atom. The Balaban J connectivity index is 2.44. The average molecular weight is 413 g/mol. The largest absolute Gasteiger partial charge is 0.378 e. The molecule has 0 saturated heterocycles. The number of rotatable bonds is 13. The van der Waals surface area contributed by atoms with Gasteiger partial charge < -0.3 is 15.4 Å². The van der Waals surface area contributed by atoms with Crippen molar-refractivity contribution in [2.24, 2.45) is 10.9 Å². The predicted octanol–water partition coefficient (Wildman–Crippen LogP) is 2.11. The SMILES string of the molecule is CCNC(=NCCC(OCC)C(C)C)NCCS(=O)(=O)NCc1ccccc1. The Morgan fingerprint density at radius 1 is 1.14 bits per heavy atom. The van der Waals surface area contributed by atoms with Crippen LogP contribution in [0.15, 0.2) is 35.3 Å². The molecule has 0 fully saturated rings. The molecular formula is C20H36N4O3S. The van der Waals surface area contributed by atoms with Crippen molar-refractivity contribution in [2.75, 3.05) is 32.0 Å². The molecule has 0 bridgehead atoms. The molecule has 1 atom stereocenters. The van der Waals surface area contributed by atoms with Gasteiger partial charge in [-0.2, -0.15) is 0 Å². The van der Waals surface area contributed by atoms with Crippen molar-refractivity contribution in [3.8, 4) is 0 Å². The lowest BCUT2D eigenvalue weighted by atomic mass is 10.0. The van der Waals surface area contributed by atoms with Gasteiger partial charge in [0.25, 0.3) is 0 Å². The topological polar surface area (TPSA) is 91.8 Å². The molecule has 1 aromatic rings. The van der Waals surface area contributed by atoms with Crippen LogP contribution in [-0.4, -0.2) is 52.5 Å². The van der Waals surface area contributed by atoms with E-state index in [4.69, 9.17) is 4.74 Å². The first-order valence-electron chi connectivity index (χ1n) is 10.0. The molecule has 1 unspecified atom stereocenters. The van der Waals surface area contributed by atoms with Gasteiger partial charge in [0, 0.05) is 32.8 Å². The number of hydrogen-bond donors (Lipinski definition) is 3. The van der Waals surface area contributed by atoms with Crippen LogP contribution in [0.25, 0.3) is 0 Å². The van der Waals surface area contributed by atoms with Gasteiger partial charge in [-0.05, 0) is 31.7 Å². The van der Waals surface area contributed by atoms with Gasteiger partial charge in [-0.15, -0.1) is 0 Å². The first-order valence-corrected chi connectivity index (χ1v) is 11.7. The van der Waals surface area contributed by atoms with Crippen LogP contribution < -0.4 is 15.4 Å². The third-order valence-corrected chi connectivity index (χ3v) is 5.48. The van der Waals surface area contributed by atoms with Crippen molar-refractivity contribution in [1.29, 1.82) is 0 Å². The summed E-state index contributed by atoms with van der Waals surface area (Å²) in [5.41, 5.74) is 0.933. The van der Waals surface area contributed by atoms with Gasteiger partial charge in [0.15, 0.2) is 5.96 Å². The second kappa shape index (κ2) is 13.5. The second-order valence-electron chi connectivity index (χ2n) is 6.84. The Hall–Kier alpha value is -1.64. The highest BCUT2D eigenvalue weighted by Crippen LogP contribution is 2.10. The summed E-state index contributed by atoms with van der Waals surface area (Å²) >= 11 is 0. The van der Waals surface area contributed by atoms with Crippen LogP contribution in [0.2, 0.25) is 0 Å². The van der Waals surface area contributed by atoms with Gasteiger partial charge >= 0.3 is 0 Å². The summed E-state index contributed by atoms with van der Waals surface area (Å²) in [4.78, 5) is 4.53. The van der Waals surface area contributed by atoms with E-state index in [1.165, 1.54) is 0 Å². The lowest BCUT2D eigenvalue weighted by Gasteiger charge is -2.20. The molecule has 0 aliphatic carbocycles. The summed E-state index contributed by atoms with van der Waals surface area (Å²) in [5.74, 6) is 1.05. The minimum Gasteiger partial charge on any atom is -0.378 e. The van der Waals surface area contributed by atoms with E-state index in [1.807, 2.05) is 44.2 Å². The molecule has 8 heteroatoms. The maximum Gasteiger partial charge on any atom is 0.213 e. The van der Waals surface area contributed by atoms with Gasteiger partial charge in [0.05, 0.1) is 11.9 Å². The maximum atomic E-state index is 12.2. The minimum atomic E-state index is -3.36. The molecule has 0 aliphatic rings. The zero-order valence-corrected chi connectivity index (χ0v) is 18.4. The van der Waals surface area contributed by atoms with Crippen LogP contribution in [0.3, 0.4) is 0 Å². The quantitative estimate of drug-likeness (QED) is 0.341. The molecule has 1 rings (SSSR count). The third-order valence-electron chi connectivity index (χ3n) is 4.15. The summed E-state index contributed by atoms with van der Waals surface area (Å²) in [6.45, 7) is 10.9. The van der Waals surface area contributed by atoms with Crippen LogP contribution in [0.1, 0.15) is 39.7 Å². The summed E-state index contributed by atoms with van der Waals surface area (Å²) in [5, 5.41) is 6.23. The van der Waals surface area contributed by atoms with Crippen molar-refractivity contribution in [2.45, 2.75) is 46.8 Å². The van der Waals surface area contributed by atoms with Gasteiger partial charge in [0.1, 0.15) is 0 Å². The van der Waals surface area contributed by atoms with Gasteiger partial charge in [0.2, 0.25) is 10.0 Å². The van der Waals surface area contributed by atoms with Crippen molar-refractivity contribution < 1.29 is 13.2 Å². The minimum absolute atomic E-state index is 0.0161. The standard InChI is InChI=1S/C20H36N4O3S/c1-5-21-20(22-13-12-19(17(3)4)27-6-2)23-14-15-28(25,26)24-16-18-10-8-7-9-11-18/h7-11,17,19,24H,5-6,12-16H2,1-4H3,(H2,21,22,23). The number of ether oxygens (including phenoxy) is 1. The van der Waals surface area contributed by atoms with Crippen molar-refractivity contribution in [3.05, 3.63) is 35.9 Å². The molecule has 0 heterocycles. The first kappa shape index (κ1) is 24.4. The number of benzene rings is 1. The van der Waals surface area contributed by atoms with Crippen LogP contribution in [0.5, 0.6) is 0 Å². The molecule has 7 nitrogen and oxygen atoms in total. The Bertz CT molecular complexity index is 663. The van der Waals surface area contributed by atoms with Crippen molar-refractivity contribution in [3.63, 3.8) is 0 Å². The fraction of sp³-hybridized carbons (Fsp3) is 0.650. The van der Waals surface area contributed by atoms with E-state index in [2.05, 4.69) is 34.2 Å². The molecule has 3 N–H and O–H groups in total. The lowest BCUT2D eigenvalue weighted by Crippen LogP contribution is -2.41. The van der Waals surface area contributed by atoms with E-state index >= 15 is 0 Å². The summed E-state index contributed by atoms with van der Waals surface area (Å²) in [6.07, 6.45) is 1.01. The monoisotopic (exact) mass is 412 g/mol. The van der Waals surface area contributed by atoms with E-state index < -0.39 is 10.0 Å². The summed E-state index contributed by atoms with van der Waals surface area (Å²) in [6, 6.07) is 9.47. The molecule has 0 saturated carbocycles. The van der Waals surface area contributed by atoms with Crippen LogP contribution in [0, 0.1) is 5.92 Å². The summed E-state index contributed by atoms with van der Waals surface area (Å²) < 4.78 is 32.7. The zero-order chi connectivity index (χ0) is 20.8. The second-order valence-corrected chi connectivity index (χ2v) is 8.77. The highest BCUT2D eigenvalue weighted by atomic mass is 32.2. The fourth-order valence-electron chi connectivity index (χ4n) is 2.63. The molecule has 160 valence electrons. The Kier molecular flexibility index (Phi) is 11.8. The molecule has 0 aliphatic heterocycles. The van der Waals surface area contributed by atoms with E-state index in [9.17, 15) is 8.42 Å². The number of guanidine groups is 1. The highest BCUT2D eigenvalue weighted by Gasteiger charge is 2.13. The number of nitrogens with one attached hydrogen (secondary N) is 3. The Morgan fingerprint density at radius 3 is 2.46 bits per heavy atom. The smallest absolute Gasteiger partial charge is 0.213 e. The van der Waals surface area contributed by atoms with Gasteiger partial charge in [-0.1, -0.05) is 44.2 Å². The third kappa shape index (κ3) is 10.6. The summed E-state index contributed by atoms with van der Waals surface area (Å²) in [7, 11) is -3.36. The number of sulfonamides is 1. The molecule has 0 spiro atoms. The number of aliphatic imine (C=N–C) groups is 1. The Labute approximate surface area is 170 Å². The van der Waals surface area contributed by atoms with Crippen LogP contribution in [-0.2, 0) is 21.3 Å². The highest BCUT2D eigenvalue weighted by molar-refractivity contribution is 7.89. The maximum absolute atomic E-state index is 12.2. The first-order chi connectivity index (χ1) is 13.4. The molecule has 1 aromatic carbocycles. The van der Waals surface area contributed by atoms with Crippen molar-refractivity contribution >= 4 is 16.0 Å². The molecular weight excluding hydrogens is 376 g/mol. The molecule has 0 amide bonds. The van der Waals surface area contributed by atoms with Crippen LogP contribution >= 0.6 is 0 Å². The van der Waals surface area contributed by atoms with Gasteiger partial charge in [-0.25, -0.2) is 13.1 Å². The van der Waals surface area contributed by atoms with E-state index in [0.29, 0.717) is 38.1 Å². The molecule has 0 radical (unpaired) electrons. The van der Waals surface area contributed by atoms with Gasteiger partial charge in [-0.3, -0.25) is 4.99 Å². The molecule has 0 aromatic heterocycles. The number of nitrogens with zero attached hydrogens (tertiary/aromatic N) is 1. The number of hydrogen-bond acceptors (Lipinski definition) is 4. The van der Waals surface area contributed by atoms with E-state index in [1.54, 1.807) is 0 Å². The van der Waals surface area contributed by atoms with Crippen LogP contribution in [0.4, 0.5) is 0 Å². The van der Waals surface area contributed by atoms with E-state index in [-0.39, 0.29) is 18.4 Å². The van der Waals surface area contributed by atoms with E-state index in [0.717, 1.165) is 12.0 Å². The predicted molar refractivity (Wildman–Crippen MR) is 116 cm³/mol. The van der Waals surface area contributed by atoms with Crippen molar-refractivity contribution in [1.82, 2.24) is 15.4 Å². The molecule has 28 heavy (non-hydrogen) atoms. The average Bonchev–Trinajstić information content (AvgIpc) is 2.66. The fourth-order valence-corrected chi connectivity index (χ4v) is 3.54. The normalized spacial score (nSPS) is 13.5. The lowest BCUT2D eigenvalue weighted by molar-refractivity contribution is 0.0266.